The van der Waals surface area contributed by atoms with E-state index >= 15 is 0 Å². The van der Waals surface area contributed by atoms with Crippen molar-refractivity contribution in [3.63, 3.8) is 0 Å². The van der Waals surface area contributed by atoms with Crippen molar-refractivity contribution in [2.75, 3.05) is 11.5 Å². The lowest BCUT2D eigenvalue weighted by Gasteiger charge is -2.28. The number of hydrogen-bond acceptors (Lipinski definition) is 8. The van der Waals surface area contributed by atoms with E-state index in [0.717, 1.165) is 10.5 Å². The van der Waals surface area contributed by atoms with Gasteiger partial charge in [-0.1, -0.05) is 60.9 Å². The Morgan fingerprint density at radius 3 is 1.45 bits per heavy atom. The molecule has 0 bridgehead atoms. The summed E-state index contributed by atoms with van der Waals surface area (Å²) in [5, 5.41) is 1.60. The summed E-state index contributed by atoms with van der Waals surface area (Å²) in [6.45, 7) is 4.68. The van der Waals surface area contributed by atoms with Crippen molar-refractivity contribution in [2.45, 2.75) is 37.2 Å². The average Bonchev–Trinajstić information content (AvgIpc) is 3.16. The first kappa shape index (κ1) is 17.4. The molecular formula is C14H16S8. The number of thioether (sulfide) groups is 8. The molecule has 2 atom stereocenters. The predicted molar refractivity (Wildman–Crippen MR) is 120 cm³/mol. The van der Waals surface area contributed by atoms with Gasteiger partial charge in [0.2, 0.25) is 0 Å². The van der Waals surface area contributed by atoms with Crippen molar-refractivity contribution in [1.29, 1.82) is 0 Å². The minimum atomic E-state index is 0.799. The molecule has 0 saturated carbocycles. The van der Waals surface area contributed by atoms with Crippen LogP contribution in [-0.2, 0) is 0 Å². The van der Waals surface area contributed by atoms with Gasteiger partial charge in [0.15, 0.2) is 0 Å². The van der Waals surface area contributed by atoms with E-state index in [1.54, 1.807) is 25.4 Å². The van der Waals surface area contributed by atoms with Gasteiger partial charge in [-0.3, -0.25) is 0 Å². The lowest BCUT2D eigenvalue weighted by atomic mass is 10.2. The second-order valence-electron chi connectivity index (χ2n) is 4.96. The maximum Gasteiger partial charge on any atom is 0.0717 e. The van der Waals surface area contributed by atoms with Crippen LogP contribution in [0.5, 0.6) is 0 Å². The van der Waals surface area contributed by atoms with E-state index in [1.165, 1.54) is 24.3 Å². The molecule has 4 rings (SSSR count). The molecule has 0 amide bonds. The van der Waals surface area contributed by atoms with Gasteiger partial charge in [0, 0.05) is 22.0 Å². The second kappa shape index (κ2) is 7.72. The van der Waals surface area contributed by atoms with Crippen LogP contribution in [-0.4, -0.2) is 22.0 Å². The molecule has 0 aromatic rings. The van der Waals surface area contributed by atoms with Crippen molar-refractivity contribution in [2.24, 2.45) is 0 Å². The third-order valence-electron chi connectivity index (χ3n) is 3.53. The summed E-state index contributed by atoms with van der Waals surface area (Å²) in [7, 11) is 0. The zero-order chi connectivity index (χ0) is 15.1. The Morgan fingerprint density at radius 2 is 1.05 bits per heavy atom. The van der Waals surface area contributed by atoms with Crippen LogP contribution < -0.4 is 0 Å². The summed E-state index contributed by atoms with van der Waals surface area (Å²) in [5.74, 6) is 2.55. The van der Waals surface area contributed by atoms with Crippen LogP contribution in [0.4, 0.5) is 0 Å². The molecule has 0 unspecified atom stereocenters. The minimum absolute atomic E-state index is 0.799. The normalized spacial score (nSPS) is 31.9. The zero-order valence-corrected chi connectivity index (χ0v) is 18.8. The van der Waals surface area contributed by atoms with Crippen LogP contribution in [0.2, 0.25) is 0 Å². The Labute approximate surface area is 166 Å². The quantitative estimate of drug-likeness (QED) is 0.420. The Morgan fingerprint density at radius 1 is 0.636 bits per heavy atom. The molecule has 4 aliphatic rings. The monoisotopic (exact) mass is 440 g/mol. The van der Waals surface area contributed by atoms with E-state index in [0.29, 0.717) is 0 Å². The maximum absolute atomic E-state index is 2.34. The fourth-order valence-electron chi connectivity index (χ4n) is 2.42. The van der Waals surface area contributed by atoms with Gasteiger partial charge in [-0.2, -0.15) is 0 Å². The minimum Gasteiger partial charge on any atom is -0.116 e. The lowest BCUT2D eigenvalue weighted by Crippen LogP contribution is -2.20. The Kier molecular flexibility index (Phi) is 6.12. The Bertz CT molecular complexity index is 529. The molecule has 0 aliphatic carbocycles. The molecular weight excluding hydrogens is 425 g/mol. The molecule has 120 valence electrons. The molecule has 0 aromatic heterocycles. The molecule has 4 aliphatic heterocycles. The van der Waals surface area contributed by atoms with Gasteiger partial charge in [0.25, 0.3) is 0 Å². The highest BCUT2D eigenvalue weighted by atomic mass is 32.3. The van der Waals surface area contributed by atoms with Crippen LogP contribution in [0, 0.1) is 0 Å². The van der Waals surface area contributed by atoms with E-state index in [9.17, 15) is 0 Å². The zero-order valence-electron chi connectivity index (χ0n) is 12.2. The van der Waals surface area contributed by atoms with Gasteiger partial charge in [0.05, 0.1) is 25.4 Å². The summed E-state index contributed by atoms with van der Waals surface area (Å²) < 4.78 is 9.38. The van der Waals surface area contributed by atoms with Crippen molar-refractivity contribution in [3.8, 4) is 0 Å². The molecule has 0 fully saturated rings. The summed E-state index contributed by atoms with van der Waals surface area (Å²) in [5.41, 5.74) is 0. The van der Waals surface area contributed by atoms with Crippen LogP contribution in [0.25, 0.3) is 0 Å². The van der Waals surface area contributed by atoms with Gasteiger partial charge in [-0.25, -0.2) is 0 Å². The summed E-state index contributed by atoms with van der Waals surface area (Å²) >= 11 is 16.6. The molecule has 0 spiro atoms. The van der Waals surface area contributed by atoms with Crippen LogP contribution in [0.3, 0.4) is 0 Å². The molecule has 4 heterocycles. The molecule has 0 saturated heterocycles. The van der Waals surface area contributed by atoms with E-state index in [2.05, 4.69) is 60.9 Å². The molecule has 0 N–H and O–H groups in total. The standard InChI is InChI=1S/C14H16S8/c1-3-7-8(4-2)18-12-11(17-7)21-14(22-12)13-19-9-10(20-13)16-6-5-15-9/h7-8H,3-6H2,1-2H3/t7-,8-/m1/s1. The summed E-state index contributed by atoms with van der Waals surface area (Å²) in [6.07, 6.45) is 2.58. The molecule has 0 nitrogen and oxygen atoms in total. The lowest BCUT2D eigenvalue weighted by molar-refractivity contribution is 0.739. The molecule has 8 heteroatoms. The van der Waals surface area contributed by atoms with Crippen LogP contribution in [0.15, 0.2) is 25.4 Å². The SMILES string of the molecule is CC[C@H]1SC2=C(SC(=C3SC4=C(SCCS4)S3)S2)S[C@@H]1CC. The van der Waals surface area contributed by atoms with Gasteiger partial charge < -0.3 is 0 Å². The predicted octanol–water partition coefficient (Wildman–Crippen LogP) is 7.84. The van der Waals surface area contributed by atoms with Gasteiger partial charge in [-0.05, 0) is 12.8 Å². The highest BCUT2D eigenvalue weighted by Gasteiger charge is 2.37. The largest absolute Gasteiger partial charge is 0.116 e. The summed E-state index contributed by atoms with van der Waals surface area (Å²) in [4.78, 5) is 0. The second-order valence-corrected chi connectivity index (χ2v) is 15.3. The van der Waals surface area contributed by atoms with Crippen molar-refractivity contribution < 1.29 is 0 Å². The van der Waals surface area contributed by atoms with Crippen molar-refractivity contribution >= 4 is 94.1 Å². The maximum atomic E-state index is 2.34. The highest BCUT2D eigenvalue weighted by molar-refractivity contribution is 8.45. The van der Waals surface area contributed by atoms with Gasteiger partial charge in [0.1, 0.15) is 0 Å². The van der Waals surface area contributed by atoms with E-state index < -0.39 is 0 Å². The Balaban J connectivity index is 1.50. The molecule has 0 aromatic carbocycles. The van der Waals surface area contributed by atoms with Crippen LogP contribution >= 0.6 is 94.1 Å². The van der Waals surface area contributed by atoms with Crippen LogP contribution in [0.1, 0.15) is 26.7 Å². The van der Waals surface area contributed by atoms with E-state index in [-0.39, 0.29) is 0 Å². The first-order valence-corrected chi connectivity index (χ1v) is 14.3. The topological polar surface area (TPSA) is 0 Å². The van der Waals surface area contributed by atoms with E-state index in [4.69, 9.17) is 0 Å². The van der Waals surface area contributed by atoms with E-state index in [1.807, 2.05) is 47.0 Å². The van der Waals surface area contributed by atoms with Gasteiger partial charge in [-0.15, -0.1) is 47.0 Å². The molecule has 22 heavy (non-hydrogen) atoms. The van der Waals surface area contributed by atoms with Crippen molar-refractivity contribution in [1.82, 2.24) is 0 Å². The van der Waals surface area contributed by atoms with Crippen molar-refractivity contribution in [3.05, 3.63) is 25.4 Å². The van der Waals surface area contributed by atoms with Gasteiger partial charge >= 0.3 is 0 Å². The third-order valence-corrected chi connectivity index (χ3v) is 16.4. The fourth-order valence-corrected chi connectivity index (χ4v) is 15.5. The first-order chi connectivity index (χ1) is 10.8. The average molecular weight is 441 g/mol. The Hall–Kier alpha value is 2.02. The highest BCUT2D eigenvalue weighted by Crippen LogP contribution is 2.69. The molecule has 0 radical (unpaired) electrons. The number of rotatable bonds is 2. The first-order valence-electron chi connectivity index (χ1n) is 7.31. The third kappa shape index (κ3) is 3.46. The summed E-state index contributed by atoms with van der Waals surface area (Å²) in [6, 6.07) is 0. The fraction of sp³-hybridized carbons (Fsp3) is 0.571. The number of hydrogen-bond donors (Lipinski definition) is 0. The smallest absolute Gasteiger partial charge is 0.0717 e.